The van der Waals surface area contributed by atoms with Crippen molar-refractivity contribution >= 4 is 21.9 Å². The van der Waals surface area contributed by atoms with Gasteiger partial charge in [-0.25, -0.2) is 13.1 Å². The average Bonchev–Trinajstić information content (AvgIpc) is 3.45. The molecule has 1 aromatic rings. The fourth-order valence-electron chi connectivity index (χ4n) is 3.10. The number of benzene rings is 1. The summed E-state index contributed by atoms with van der Waals surface area (Å²) in [5.41, 5.74) is 2.29. The third-order valence-electron chi connectivity index (χ3n) is 4.85. The van der Waals surface area contributed by atoms with Gasteiger partial charge in [0, 0.05) is 12.6 Å². The molecular formula is C19H26N2O5S. The van der Waals surface area contributed by atoms with E-state index in [-0.39, 0.29) is 29.8 Å². The van der Waals surface area contributed by atoms with Crippen LogP contribution in [0.25, 0.3) is 0 Å². The van der Waals surface area contributed by atoms with E-state index in [1.165, 1.54) is 12.5 Å². The summed E-state index contributed by atoms with van der Waals surface area (Å²) in [6.07, 6.45) is 4.99. The van der Waals surface area contributed by atoms with Crippen LogP contribution in [-0.4, -0.2) is 39.0 Å². The molecule has 27 heavy (non-hydrogen) atoms. The molecule has 0 aliphatic heterocycles. The molecule has 2 aliphatic carbocycles. The molecule has 1 fully saturated rings. The summed E-state index contributed by atoms with van der Waals surface area (Å²) < 4.78 is 32.3. The molecule has 0 bridgehead atoms. The van der Waals surface area contributed by atoms with Crippen molar-refractivity contribution in [3.8, 4) is 0 Å². The summed E-state index contributed by atoms with van der Waals surface area (Å²) in [6.45, 7) is 1.43. The lowest BCUT2D eigenvalue weighted by Crippen LogP contribution is -2.37. The van der Waals surface area contributed by atoms with Crippen molar-refractivity contribution in [1.29, 1.82) is 0 Å². The minimum atomic E-state index is -3.68. The maximum absolute atomic E-state index is 12.4. The van der Waals surface area contributed by atoms with Gasteiger partial charge in [0.25, 0.3) is 5.91 Å². The van der Waals surface area contributed by atoms with Gasteiger partial charge in [0.2, 0.25) is 10.0 Å². The van der Waals surface area contributed by atoms with Gasteiger partial charge in [-0.05, 0) is 68.7 Å². The molecule has 0 aromatic heterocycles. The summed E-state index contributed by atoms with van der Waals surface area (Å²) in [7, 11) is -3.68. The Morgan fingerprint density at radius 2 is 1.89 bits per heavy atom. The maximum atomic E-state index is 12.4. The molecular weight excluding hydrogens is 368 g/mol. The SMILES string of the molecule is C[C@H](OC(=O)CCNS(=O)(=O)c1ccc2c(c1)CCCC2)C(=O)NC1CC1. The van der Waals surface area contributed by atoms with E-state index in [1.807, 2.05) is 6.07 Å². The third-order valence-corrected chi connectivity index (χ3v) is 6.31. The van der Waals surface area contributed by atoms with Crippen LogP contribution < -0.4 is 10.0 Å². The van der Waals surface area contributed by atoms with Crippen molar-refractivity contribution in [2.45, 2.75) is 68.9 Å². The van der Waals surface area contributed by atoms with Crippen molar-refractivity contribution in [2.75, 3.05) is 6.54 Å². The van der Waals surface area contributed by atoms with E-state index >= 15 is 0 Å². The van der Waals surface area contributed by atoms with Crippen molar-refractivity contribution in [1.82, 2.24) is 10.0 Å². The number of sulfonamides is 1. The zero-order valence-electron chi connectivity index (χ0n) is 15.5. The van der Waals surface area contributed by atoms with Crippen LogP contribution in [0.1, 0.15) is 50.2 Å². The zero-order valence-corrected chi connectivity index (χ0v) is 16.3. The van der Waals surface area contributed by atoms with Crippen LogP contribution in [0, 0.1) is 0 Å². The smallest absolute Gasteiger partial charge is 0.307 e. The fourth-order valence-corrected chi connectivity index (χ4v) is 4.19. The first-order valence-corrected chi connectivity index (χ1v) is 10.9. The van der Waals surface area contributed by atoms with E-state index in [9.17, 15) is 18.0 Å². The molecule has 7 nitrogen and oxygen atoms in total. The Balaban J connectivity index is 1.47. The largest absolute Gasteiger partial charge is 0.453 e. The number of aryl methyl sites for hydroxylation is 2. The third kappa shape index (κ3) is 5.52. The average molecular weight is 394 g/mol. The van der Waals surface area contributed by atoms with Gasteiger partial charge < -0.3 is 10.1 Å². The summed E-state index contributed by atoms with van der Waals surface area (Å²) in [6, 6.07) is 5.40. The second kappa shape index (κ2) is 8.39. The van der Waals surface area contributed by atoms with E-state index in [2.05, 4.69) is 10.0 Å². The van der Waals surface area contributed by atoms with Gasteiger partial charge in [-0.15, -0.1) is 0 Å². The Morgan fingerprint density at radius 3 is 2.59 bits per heavy atom. The number of carbonyl (C=O) groups is 2. The topological polar surface area (TPSA) is 102 Å². The van der Waals surface area contributed by atoms with Gasteiger partial charge in [0.05, 0.1) is 11.3 Å². The van der Waals surface area contributed by atoms with Crippen LogP contribution in [0.3, 0.4) is 0 Å². The van der Waals surface area contributed by atoms with Crippen LogP contribution in [0.4, 0.5) is 0 Å². The highest BCUT2D eigenvalue weighted by Crippen LogP contribution is 2.24. The number of fused-ring (bicyclic) bond motifs is 1. The number of rotatable bonds is 8. The molecule has 0 saturated heterocycles. The molecule has 1 aromatic carbocycles. The summed E-state index contributed by atoms with van der Waals surface area (Å²) in [5.74, 6) is -0.929. The number of hydrogen-bond donors (Lipinski definition) is 2. The van der Waals surface area contributed by atoms with Crippen LogP contribution in [0.5, 0.6) is 0 Å². The highest BCUT2D eigenvalue weighted by atomic mass is 32.2. The van der Waals surface area contributed by atoms with E-state index in [4.69, 9.17) is 4.74 Å². The second-order valence-electron chi connectivity index (χ2n) is 7.20. The van der Waals surface area contributed by atoms with E-state index in [0.717, 1.165) is 44.1 Å². The van der Waals surface area contributed by atoms with Gasteiger partial charge in [-0.3, -0.25) is 9.59 Å². The van der Waals surface area contributed by atoms with Gasteiger partial charge >= 0.3 is 5.97 Å². The number of hydrogen-bond acceptors (Lipinski definition) is 5. The summed E-state index contributed by atoms with van der Waals surface area (Å²) in [4.78, 5) is 23.8. The van der Waals surface area contributed by atoms with Crippen molar-refractivity contribution < 1.29 is 22.7 Å². The lowest BCUT2D eigenvalue weighted by atomic mass is 9.92. The first-order valence-electron chi connectivity index (χ1n) is 9.46. The van der Waals surface area contributed by atoms with Crippen LogP contribution in [0.15, 0.2) is 23.1 Å². The lowest BCUT2D eigenvalue weighted by molar-refractivity contribution is -0.154. The molecule has 1 amide bonds. The minimum absolute atomic E-state index is 0.0742. The van der Waals surface area contributed by atoms with Gasteiger partial charge in [0.1, 0.15) is 0 Å². The van der Waals surface area contributed by atoms with Crippen molar-refractivity contribution in [2.24, 2.45) is 0 Å². The Hall–Kier alpha value is -1.93. The standard InChI is InChI=1S/C19H26N2O5S/c1-13(19(23)21-16-7-8-16)26-18(22)10-11-20-27(24,25)17-9-6-14-4-2-3-5-15(14)12-17/h6,9,12-13,16,20H,2-5,7-8,10-11H2,1H3,(H,21,23)/t13-/m0/s1. The molecule has 0 spiro atoms. The molecule has 0 unspecified atom stereocenters. The number of nitrogens with one attached hydrogen (secondary N) is 2. The Kier molecular flexibility index (Phi) is 6.16. The molecule has 0 heterocycles. The van der Waals surface area contributed by atoms with Gasteiger partial charge in [0.15, 0.2) is 6.10 Å². The summed E-state index contributed by atoms with van der Waals surface area (Å²) in [5, 5.41) is 2.76. The first kappa shape index (κ1) is 19.8. The van der Waals surface area contributed by atoms with Gasteiger partial charge in [-0.1, -0.05) is 6.07 Å². The molecule has 2 aliphatic rings. The Morgan fingerprint density at radius 1 is 1.19 bits per heavy atom. The molecule has 8 heteroatoms. The fraction of sp³-hybridized carbons (Fsp3) is 0.579. The van der Waals surface area contributed by atoms with E-state index < -0.39 is 22.1 Å². The van der Waals surface area contributed by atoms with Crippen LogP contribution in [-0.2, 0) is 37.2 Å². The molecule has 0 radical (unpaired) electrons. The molecule has 3 rings (SSSR count). The molecule has 2 N–H and O–H groups in total. The second-order valence-corrected chi connectivity index (χ2v) is 8.97. The predicted molar refractivity (Wildman–Crippen MR) is 99.6 cm³/mol. The number of carbonyl (C=O) groups excluding carboxylic acids is 2. The summed E-state index contributed by atoms with van der Waals surface area (Å²) >= 11 is 0. The molecule has 1 atom stereocenters. The zero-order chi connectivity index (χ0) is 19.4. The maximum Gasteiger partial charge on any atom is 0.307 e. The predicted octanol–water partition coefficient (Wildman–Crippen LogP) is 1.44. The van der Waals surface area contributed by atoms with E-state index in [1.54, 1.807) is 12.1 Å². The van der Waals surface area contributed by atoms with Crippen molar-refractivity contribution in [3.63, 3.8) is 0 Å². The first-order chi connectivity index (χ1) is 12.8. The van der Waals surface area contributed by atoms with Crippen molar-refractivity contribution in [3.05, 3.63) is 29.3 Å². The van der Waals surface area contributed by atoms with E-state index in [0.29, 0.717) is 0 Å². The Labute approximate surface area is 159 Å². The van der Waals surface area contributed by atoms with Crippen LogP contribution in [0.2, 0.25) is 0 Å². The number of esters is 1. The van der Waals surface area contributed by atoms with Gasteiger partial charge in [-0.2, -0.15) is 0 Å². The quantitative estimate of drug-likeness (QED) is 0.650. The molecule has 1 saturated carbocycles. The monoisotopic (exact) mass is 394 g/mol. The number of amides is 1. The Bertz CT molecular complexity index is 817. The highest BCUT2D eigenvalue weighted by Gasteiger charge is 2.27. The molecule has 148 valence electrons. The normalized spacial score (nSPS) is 17.7. The van der Waals surface area contributed by atoms with Crippen LogP contribution >= 0.6 is 0 Å². The minimum Gasteiger partial charge on any atom is -0.453 e. The highest BCUT2D eigenvalue weighted by molar-refractivity contribution is 7.89. The lowest BCUT2D eigenvalue weighted by Gasteiger charge is -2.17. The number of ether oxygens (including phenoxy) is 1.